The molecule has 9 rings (SSSR count). The van der Waals surface area contributed by atoms with Gasteiger partial charge in [-0.2, -0.15) is 0 Å². The molecule has 0 saturated heterocycles. The number of hydrogen-bond acceptors (Lipinski definition) is 3. The Hall–Kier alpha value is -6.00. The number of fused-ring (bicyclic) bond motifs is 7. The molecule has 1 aliphatic rings. The molecule has 0 bridgehead atoms. The summed E-state index contributed by atoms with van der Waals surface area (Å²) >= 11 is 0. The summed E-state index contributed by atoms with van der Waals surface area (Å²) in [5, 5.41) is 6.99. The van der Waals surface area contributed by atoms with Gasteiger partial charge in [0.2, 0.25) is 0 Å². The number of aromatic nitrogens is 1. The normalized spacial score (nSPS) is 13.8. The number of benzene rings is 6. The van der Waals surface area contributed by atoms with Gasteiger partial charge in [-0.25, -0.2) is 9.98 Å². The van der Waals surface area contributed by atoms with E-state index in [0.717, 1.165) is 61.1 Å². The largest absolute Gasteiger partial charge is 0.456 e. The summed E-state index contributed by atoms with van der Waals surface area (Å²) in [5.74, 6) is 0.677. The van der Waals surface area contributed by atoms with Crippen molar-refractivity contribution >= 4 is 71.8 Å². The van der Waals surface area contributed by atoms with Gasteiger partial charge in [-0.05, 0) is 47.2 Å². The SMILES string of the molecule is C1=CC(c2ccc3c(c2)[nH]c2cc4oc5cc6ccccc6cc5c4cc23)=NC(c2ccccc2)=NC(c2ccccc2)=C1. The van der Waals surface area contributed by atoms with Crippen LogP contribution in [0.4, 0.5) is 0 Å². The van der Waals surface area contributed by atoms with Gasteiger partial charge in [-0.1, -0.05) is 103 Å². The number of rotatable bonds is 3. The minimum Gasteiger partial charge on any atom is -0.456 e. The maximum absolute atomic E-state index is 6.34. The van der Waals surface area contributed by atoms with Crippen LogP contribution in [0.5, 0.6) is 0 Å². The van der Waals surface area contributed by atoms with E-state index in [1.165, 1.54) is 21.5 Å². The Morgan fingerprint density at radius 2 is 1.18 bits per heavy atom. The zero-order valence-corrected chi connectivity index (χ0v) is 23.7. The molecule has 0 radical (unpaired) electrons. The lowest BCUT2D eigenvalue weighted by Crippen LogP contribution is -2.06. The third-order valence-corrected chi connectivity index (χ3v) is 8.42. The summed E-state index contributed by atoms with van der Waals surface area (Å²) in [6.45, 7) is 0. The number of furan rings is 1. The number of nitrogens with one attached hydrogen (secondary N) is 1. The summed E-state index contributed by atoms with van der Waals surface area (Å²) in [5.41, 5.74) is 8.65. The first-order valence-corrected chi connectivity index (χ1v) is 14.7. The van der Waals surface area contributed by atoms with Crippen molar-refractivity contribution in [2.75, 3.05) is 0 Å². The molecule has 1 aliphatic heterocycles. The highest BCUT2D eigenvalue weighted by Crippen LogP contribution is 2.37. The average Bonchev–Trinajstić information content (AvgIpc) is 3.59. The number of amidine groups is 1. The van der Waals surface area contributed by atoms with Gasteiger partial charge in [0, 0.05) is 49.8 Å². The van der Waals surface area contributed by atoms with E-state index in [0.29, 0.717) is 5.84 Å². The second-order valence-corrected chi connectivity index (χ2v) is 11.2. The molecule has 2 aromatic heterocycles. The standard InChI is InChI=1S/C40H25N3O/c1-3-10-25(11-4-1)34-16-9-17-35(43-40(42-34)26-12-5-2-6-13-26)29-18-19-30-31-23-33-32-20-27-14-7-8-15-28(27)22-38(32)44-39(33)24-37(31)41-36(30)21-29/h1-24,41H. The monoisotopic (exact) mass is 563 g/mol. The Labute approximate surface area is 253 Å². The fourth-order valence-electron chi connectivity index (χ4n) is 6.23. The van der Waals surface area contributed by atoms with Gasteiger partial charge in [-0.15, -0.1) is 0 Å². The lowest BCUT2D eigenvalue weighted by atomic mass is 10.0. The number of hydrogen-bond donors (Lipinski definition) is 1. The Morgan fingerprint density at radius 3 is 2.00 bits per heavy atom. The molecule has 206 valence electrons. The highest BCUT2D eigenvalue weighted by Gasteiger charge is 2.15. The van der Waals surface area contributed by atoms with E-state index < -0.39 is 0 Å². The third-order valence-electron chi connectivity index (χ3n) is 8.42. The van der Waals surface area contributed by atoms with Crippen molar-refractivity contribution in [1.82, 2.24) is 4.98 Å². The molecule has 1 N–H and O–H groups in total. The highest BCUT2D eigenvalue weighted by atomic mass is 16.3. The van der Waals surface area contributed by atoms with Gasteiger partial charge in [0.25, 0.3) is 0 Å². The predicted molar refractivity (Wildman–Crippen MR) is 184 cm³/mol. The first-order valence-electron chi connectivity index (χ1n) is 14.7. The van der Waals surface area contributed by atoms with Crippen molar-refractivity contribution in [3.8, 4) is 0 Å². The Bertz CT molecular complexity index is 2530. The van der Waals surface area contributed by atoms with Crippen LogP contribution in [0.3, 0.4) is 0 Å². The molecule has 0 atom stereocenters. The van der Waals surface area contributed by atoms with Gasteiger partial charge in [0.15, 0.2) is 5.84 Å². The van der Waals surface area contributed by atoms with Crippen molar-refractivity contribution < 1.29 is 4.42 Å². The van der Waals surface area contributed by atoms with E-state index in [9.17, 15) is 0 Å². The van der Waals surface area contributed by atoms with Crippen molar-refractivity contribution in [3.05, 3.63) is 162 Å². The van der Waals surface area contributed by atoms with Crippen molar-refractivity contribution in [1.29, 1.82) is 0 Å². The van der Waals surface area contributed by atoms with E-state index in [1.807, 2.05) is 42.5 Å². The molecular formula is C40H25N3O. The molecule has 0 aliphatic carbocycles. The van der Waals surface area contributed by atoms with E-state index in [-0.39, 0.29) is 0 Å². The topological polar surface area (TPSA) is 53.6 Å². The second kappa shape index (κ2) is 9.79. The van der Waals surface area contributed by atoms with Crippen LogP contribution in [0.25, 0.3) is 60.2 Å². The van der Waals surface area contributed by atoms with E-state index in [4.69, 9.17) is 14.4 Å². The maximum atomic E-state index is 6.34. The number of H-pyrrole nitrogens is 1. The molecule has 4 nitrogen and oxygen atoms in total. The maximum Gasteiger partial charge on any atom is 0.160 e. The van der Waals surface area contributed by atoms with Crippen LogP contribution >= 0.6 is 0 Å². The van der Waals surface area contributed by atoms with Gasteiger partial charge in [-0.3, -0.25) is 0 Å². The number of nitrogens with zero attached hydrogens (tertiary/aromatic N) is 2. The van der Waals surface area contributed by atoms with Crippen molar-refractivity contribution in [2.45, 2.75) is 0 Å². The molecule has 0 amide bonds. The van der Waals surface area contributed by atoms with Crippen LogP contribution in [0, 0.1) is 0 Å². The van der Waals surface area contributed by atoms with Crippen molar-refractivity contribution in [2.24, 2.45) is 9.98 Å². The predicted octanol–water partition coefficient (Wildman–Crippen LogP) is 10.2. The Balaban J connectivity index is 1.17. The van der Waals surface area contributed by atoms with Crippen LogP contribution in [0.2, 0.25) is 0 Å². The van der Waals surface area contributed by atoms with Crippen LogP contribution in [0.1, 0.15) is 16.7 Å². The molecule has 4 heteroatoms. The summed E-state index contributed by atoms with van der Waals surface area (Å²) in [6, 6.07) is 44.1. The fraction of sp³-hybridized carbons (Fsp3) is 0. The van der Waals surface area contributed by atoms with Crippen LogP contribution in [0.15, 0.2) is 160 Å². The summed E-state index contributed by atoms with van der Waals surface area (Å²) in [7, 11) is 0. The summed E-state index contributed by atoms with van der Waals surface area (Å²) in [4.78, 5) is 13.8. The van der Waals surface area contributed by atoms with Gasteiger partial charge < -0.3 is 9.40 Å². The van der Waals surface area contributed by atoms with E-state index in [2.05, 4.69) is 108 Å². The number of allylic oxidation sites excluding steroid dienone is 3. The smallest absolute Gasteiger partial charge is 0.160 e. The van der Waals surface area contributed by atoms with Gasteiger partial charge in [0.1, 0.15) is 11.2 Å². The van der Waals surface area contributed by atoms with E-state index in [1.54, 1.807) is 0 Å². The lowest BCUT2D eigenvalue weighted by molar-refractivity contribution is 0.670. The molecule has 0 unspecified atom stereocenters. The van der Waals surface area contributed by atoms with E-state index >= 15 is 0 Å². The van der Waals surface area contributed by atoms with Crippen LogP contribution in [-0.2, 0) is 0 Å². The van der Waals surface area contributed by atoms with Crippen LogP contribution < -0.4 is 0 Å². The molecular weight excluding hydrogens is 538 g/mol. The molecule has 8 aromatic rings. The molecule has 0 saturated carbocycles. The fourth-order valence-corrected chi connectivity index (χ4v) is 6.23. The second-order valence-electron chi connectivity index (χ2n) is 11.2. The molecule has 6 aromatic carbocycles. The molecule has 0 fully saturated rings. The highest BCUT2D eigenvalue weighted by molar-refractivity contribution is 6.21. The number of aromatic amines is 1. The van der Waals surface area contributed by atoms with Crippen molar-refractivity contribution in [3.63, 3.8) is 0 Å². The third kappa shape index (κ3) is 4.08. The zero-order chi connectivity index (χ0) is 29.0. The minimum atomic E-state index is 0.677. The van der Waals surface area contributed by atoms with Crippen LogP contribution in [-0.4, -0.2) is 16.5 Å². The first-order chi connectivity index (χ1) is 21.8. The minimum absolute atomic E-state index is 0.677. The average molecular weight is 564 g/mol. The lowest BCUT2D eigenvalue weighted by Gasteiger charge is -2.10. The Morgan fingerprint density at radius 1 is 0.500 bits per heavy atom. The van der Waals surface area contributed by atoms with Gasteiger partial charge in [0.05, 0.1) is 16.9 Å². The Kier molecular flexibility index (Phi) is 5.47. The first kappa shape index (κ1) is 24.6. The summed E-state index contributed by atoms with van der Waals surface area (Å²) in [6.07, 6.45) is 6.15. The zero-order valence-electron chi connectivity index (χ0n) is 23.7. The molecule has 44 heavy (non-hydrogen) atoms. The quantitative estimate of drug-likeness (QED) is 0.228. The molecule has 0 spiro atoms. The summed E-state index contributed by atoms with van der Waals surface area (Å²) < 4.78 is 6.34. The number of aliphatic imine (C=N–C) groups is 2. The van der Waals surface area contributed by atoms with Gasteiger partial charge >= 0.3 is 0 Å². The molecule has 3 heterocycles.